The minimum absolute atomic E-state index is 0.0465. The van der Waals surface area contributed by atoms with Gasteiger partial charge in [-0.15, -0.1) is 0 Å². The Balaban J connectivity index is 1.60. The molecule has 2 heterocycles. The zero-order valence-electron chi connectivity index (χ0n) is 20.7. The lowest BCUT2D eigenvalue weighted by molar-refractivity contribution is 0.0743. The van der Waals surface area contributed by atoms with Gasteiger partial charge in [-0.3, -0.25) is 14.4 Å². The van der Waals surface area contributed by atoms with Gasteiger partial charge in [0.1, 0.15) is 11.1 Å². The van der Waals surface area contributed by atoms with Crippen LogP contribution >= 0.6 is 0 Å². The van der Waals surface area contributed by atoms with Crippen LogP contribution in [0.3, 0.4) is 0 Å². The molecule has 1 aliphatic heterocycles. The summed E-state index contributed by atoms with van der Waals surface area (Å²) in [5, 5.41) is 3.12. The Bertz CT molecular complexity index is 894. The van der Waals surface area contributed by atoms with Crippen molar-refractivity contribution in [1.82, 2.24) is 14.8 Å². The van der Waals surface area contributed by atoms with Gasteiger partial charge in [0.05, 0.1) is 6.10 Å². The summed E-state index contributed by atoms with van der Waals surface area (Å²) in [6.07, 6.45) is 16.1. The summed E-state index contributed by atoms with van der Waals surface area (Å²) in [6, 6.07) is 0.0876. The molecule has 2 aliphatic carbocycles. The van der Waals surface area contributed by atoms with Crippen LogP contribution in [0, 0.1) is 5.92 Å². The number of rotatable bonds is 9. The molecule has 4 rings (SSSR count). The number of pyridine rings is 1. The predicted octanol–water partition coefficient (Wildman–Crippen LogP) is 4.13. The molecule has 7 nitrogen and oxygen atoms in total. The molecule has 1 aromatic heterocycles. The van der Waals surface area contributed by atoms with Gasteiger partial charge in [-0.2, -0.15) is 0 Å². The van der Waals surface area contributed by atoms with E-state index in [-0.39, 0.29) is 35.1 Å². The molecule has 0 bridgehead atoms. The lowest BCUT2D eigenvalue weighted by Gasteiger charge is -2.24. The fraction of sp³-hybridized carbons (Fsp3) is 0.741. The number of hydrogen-bond acceptors (Lipinski definition) is 4. The van der Waals surface area contributed by atoms with Crippen LogP contribution in [0.5, 0.6) is 0 Å². The molecule has 0 spiro atoms. The van der Waals surface area contributed by atoms with Gasteiger partial charge in [-0.25, -0.2) is 0 Å². The normalized spacial score (nSPS) is 21.6. The van der Waals surface area contributed by atoms with Gasteiger partial charge < -0.3 is 19.5 Å². The molecule has 188 valence electrons. The number of amides is 2. The molecule has 0 unspecified atom stereocenters. The lowest BCUT2D eigenvalue weighted by Crippen LogP contribution is -2.41. The highest BCUT2D eigenvalue weighted by Gasteiger charge is 2.30. The maximum Gasteiger partial charge on any atom is 0.259 e. The topological polar surface area (TPSA) is 80.6 Å². The number of hydrogen-bond donors (Lipinski definition) is 1. The zero-order chi connectivity index (χ0) is 23.9. The van der Waals surface area contributed by atoms with Crippen LogP contribution in [0.1, 0.15) is 105 Å². The second-order valence-corrected chi connectivity index (χ2v) is 10.5. The van der Waals surface area contributed by atoms with E-state index >= 15 is 0 Å². The Morgan fingerprint density at radius 2 is 1.71 bits per heavy atom. The molecular weight excluding hydrogens is 430 g/mol. The molecule has 2 amide bonds. The summed E-state index contributed by atoms with van der Waals surface area (Å²) in [7, 11) is 0. The molecule has 1 aromatic rings. The second kappa shape index (κ2) is 12.0. The first-order valence-corrected chi connectivity index (χ1v) is 13.5. The van der Waals surface area contributed by atoms with Crippen molar-refractivity contribution in [2.75, 3.05) is 19.7 Å². The molecule has 7 heteroatoms. The summed E-state index contributed by atoms with van der Waals surface area (Å²) in [6.45, 7) is 4.63. The van der Waals surface area contributed by atoms with Crippen molar-refractivity contribution in [3.8, 4) is 0 Å². The van der Waals surface area contributed by atoms with Crippen LogP contribution in [-0.2, 0) is 11.3 Å². The summed E-state index contributed by atoms with van der Waals surface area (Å²) in [5.74, 6) is -0.0635. The molecule has 3 aliphatic rings. The van der Waals surface area contributed by atoms with E-state index in [9.17, 15) is 14.4 Å². The zero-order valence-corrected chi connectivity index (χ0v) is 20.7. The molecule has 0 aromatic carbocycles. The minimum Gasteiger partial charge on any atom is -0.376 e. The Kier molecular flexibility index (Phi) is 8.81. The van der Waals surface area contributed by atoms with E-state index in [0.717, 1.165) is 64.4 Å². The van der Waals surface area contributed by atoms with E-state index in [1.807, 2.05) is 11.5 Å². The van der Waals surface area contributed by atoms with Crippen molar-refractivity contribution in [3.05, 3.63) is 33.7 Å². The molecule has 2 saturated carbocycles. The van der Waals surface area contributed by atoms with Crippen LogP contribution in [0.4, 0.5) is 0 Å². The first-order valence-electron chi connectivity index (χ1n) is 13.5. The van der Waals surface area contributed by atoms with Crippen molar-refractivity contribution in [1.29, 1.82) is 0 Å². The molecule has 1 atom stereocenters. The summed E-state index contributed by atoms with van der Waals surface area (Å²) < 4.78 is 7.62. The lowest BCUT2D eigenvalue weighted by atomic mass is 9.96. The Morgan fingerprint density at radius 3 is 2.35 bits per heavy atom. The summed E-state index contributed by atoms with van der Waals surface area (Å²) in [4.78, 5) is 42.1. The Hall–Kier alpha value is -2.15. The van der Waals surface area contributed by atoms with Crippen molar-refractivity contribution < 1.29 is 14.3 Å². The van der Waals surface area contributed by atoms with Crippen molar-refractivity contribution >= 4 is 11.8 Å². The van der Waals surface area contributed by atoms with E-state index in [4.69, 9.17) is 4.74 Å². The number of carbonyl (C=O) groups excluding carboxylic acids is 2. The average molecular weight is 472 g/mol. The third-order valence-electron chi connectivity index (χ3n) is 7.39. The first-order chi connectivity index (χ1) is 16.5. The van der Waals surface area contributed by atoms with E-state index in [1.54, 1.807) is 17.3 Å². The second-order valence-electron chi connectivity index (χ2n) is 10.5. The van der Waals surface area contributed by atoms with E-state index in [0.29, 0.717) is 25.6 Å². The number of nitrogens with one attached hydrogen (secondary N) is 1. The van der Waals surface area contributed by atoms with Crippen LogP contribution in [0.2, 0.25) is 0 Å². The Labute approximate surface area is 203 Å². The molecule has 1 saturated heterocycles. The highest BCUT2D eigenvalue weighted by Crippen LogP contribution is 2.30. The van der Waals surface area contributed by atoms with Crippen molar-refractivity contribution in [3.63, 3.8) is 0 Å². The molecule has 0 radical (unpaired) electrons. The van der Waals surface area contributed by atoms with Crippen LogP contribution in [0.15, 0.2) is 17.2 Å². The van der Waals surface area contributed by atoms with Crippen LogP contribution < -0.4 is 10.7 Å². The molecule has 1 N–H and O–H groups in total. The third-order valence-corrected chi connectivity index (χ3v) is 7.39. The van der Waals surface area contributed by atoms with E-state index in [2.05, 4.69) is 5.32 Å². The van der Waals surface area contributed by atoms with Crippen LogP contribution in [-0.4, -0.2) is 53.1 Å². The van der Waals surface area contributed by atoms with Crippen molar-refractivity contribution in [2.45, 2.75) is 103 Å². The SMILES string of the molecule is CCCN(CC1CC1)C(=O)c1cn(C[C@@H]2CCCO2)cc(C(=O)NC2CCCCCCC2)c1=O. The summed E-state index contributed by atoms with van der Waals surface area (Å²) >= 11 is 0. The predicted molar refractivity (Wildman–Crippen MR) is 132 cm³/mol. The maximum atomic E-state index is 13.5. The quantitative estimate of drug-likeness (QED) is 0.587. The van der Waals surface area contributed by atoms with Gasteiger partial charge in [0.2, 0.25) is 5.43 Å². The Morgan fingerprint density at radius 1 is 1.00 bits per heavy atom. The number of ether oxygens (including phenoxy) is 1. The molecular formula is C27H41N3O4. The fourth-order valence-electron chi connectivity index (χ4n) is 5.27. The summed E-state index contributed by atoms with van der Waals surface area (Å²) in [5.41, 5.74) is -0.264. The smallest absolute Gasteiger partial charge is 0.259 e. The van der Waals surface area contributed by atoms with Gasteiger partial charge in [0, 0.05) is 44.7 Å². The van der Waals surface area contributed by atoms with Gasteiger partial charge in [-0.05, 0) is 50.9 Å². The number of nitrogens with zero attached hydrogens (tertiary/aromatic N) is 2. The van der Waals surface area contributed by atoms with Gasteiger partial charge in [0.15, 0.2) is 0 Å². The molecule has 34 heavy (non-hydrogen) atoms. The maximum absolute atomic E-state index is 13.5. The number of aromatic nitrogens is 1. The van der Waals surface area contributed by atoms with Gasteiger partial charge in [0.25, 0.3) is 11.8 Å². The van der Waals surface area contributed by atoms with E-state index < -0.39 is 5.43 Å². The largest absolute Gasteiger partial charge is 0.376 e. The van der Waals surface area contributed by atoms with Gasteiger partial charge >= 0.3 is 0 Å². The average Bonchev–Trinajstić information content (AvgIpc) is 3.48. The first kappa shape index (κ1) is 25.0. The number of carbonyl (C=O) groups is 2. The highest BCUT2D eigenvalue weighted by atomic mass is 16.5. The minimum atomic E-state index is -0.450. The fourth-order valence-corrected chi connectivity index (χ4v) is 5.27. The van der Waals surface area contributed by atoms with Crippen molar-refractivity contribution in [2.24, 2.45) is 5.92 Å². The van der Waals surface area contributed by atoms with Gasteiger partial charge in [-0.1, -0.05) is 39.0 Å². The third kappa shape index (κ3) is 6.71. The monoisotopic (exact) mass is 471 g/mol. The highest BCUT2D eigenvalue weighted by molar-refractivity contribution is 5.99. The molecule has 3 fully saturated rings. The standard InChI is InChI=1S/C27H41N3O4/c1-2-14-30(16-20-12-13-20)27(33)24-19-29(17-22-11-8-15-34-22)18-23(25(24)31)26(32)28-21-9-6-4-3-5-7-10-21/h18-22H,2-17H2,1H3,(H,28,32)/t22-/m0/s1. The van der Waals surface area contributed by atoms with Crippen LogP contribution in [0.25, 0.3) is 0 Å². The van der Waals surface area contributed by atoms with E-state index in [1.165, 1.54) is 19.3 Å².